The molecule has 3 atom stereocenters. The number of carbonyl (C=O) groups is 4. The SMILES string of the molecule is CC(=O)NC(C(=O)NC(Cc1cccc(O)c1)C(=O)N1CCCC(C(=O)O)N1)C(C)C. The number of hydrogen-bond acceptors (Lipinski definition) is 6. The summed E-state index contributed by atoms with van der Waals surface area (Å²) in [7, 11) is 0. The number of hydrogen-bond donors (Lipinski definition) is 5. The number of carbonyl (C=O) groups excluding carboxylic acids is 3. The maximum atomic E-state index is 13.2. The second-order valence-corrected chi connectivity index (χ2v) is 8.01. The Hall–Kier alpha value is -3.14. The van der Waals surface area contributed by atoms with Gasteiger partial charge in [-0.2, -0.15) is 0 Å². The number of benzene rings is 1. The fourth-order valence-corrected chi connectivity index (χ4v) is 3.45. The third-order valence-electron chi connectivity index (χ3n) is 5.02. The Morgan fingerprint density at radius 2 is 1.94 bits per heavy atom. The molecule has 1 fully saturated rings. The van der Waals surface area contributed by atoms with Crippen molar-refractivity contribution in [2.24, 2.45) is 5.92 Å². The highest BCUT2D eigenvalue weighted by Gasteiger charge is 2.34. The van der Waals surface area contributed by atoms with E-state index < -0.39 is 35.9 Å². The fourth-order valence-electron chi connectivity index (χ4n) is 3.45. The van der Waals surface area contributed by atoms with E-state index in [0.717, 1.165) is 0 Å². The molecule has 3 unspecified atom stereocenters. The maximum absolute atomic E-state index is 13.2. The van der Waals surface area contributed by atoms with E-state index in [-0.39, 0.29) is 24.0 Å². The van der Waals surface area contributed by atoms with Crippen LogP contribution in [0.25, 0.3) is 0 Å². The van der Waals surface area contributed by atoms with Crippen molar-refractivity contribution in [2.75, 3.05) is 6.54 Å². The molecular formula is C21H30N4O6. The van der Waals surface area contributed by atoms with Crippen molar-refractivity contribution in [3.63, 3.8) is 0 Å². The second kappa shape index (κ2) is 10.8. The van der Waals surface area contributed by atoms with Crippen LogP contribution in [0.4, 0.5) is 0 Å². The molecule has 0 spiro atoms. The van der Waals surface area contributed by atoms with E-state index in [0.29, 0.717) is 24.9 Å². The van der Waals surface area contributed by atoms with Crippen molar-refractivity contribution in [1.82, 2.24) is 21.1 Å². The van der Waals surface area contributed by atoms with Gasteiger partial charge in [-0.3, -0.25) is 24.2 Å². The Labute approximate surface area is 181 Å². The summed E-state index contributed by atoms with van der Waals surface area (Å²) in [6.07, 6.45) is 0.976. The number of hydrazine groups is 1. The molecule has 10 nitrogen and oxygen atoms in total. The zero-order chi connectivity index (χ0) is 23.1. The number of rotatable bonds is 8. The molecule has 1 aliphatic rings. The molecule has 5 N–H and O–H groups in total. The van der Waals surface area contributed by atoms with Crippen molar-refractivity contribution < 1.29 is 29.4 Å². The highest BCUT2D eigenvalue weighted by Crippen LogP contribution is 2.15. The number of nitrogens with one attached hydrogen (secondary N) is 3. The first-order valence-electron chi connectivity index (χ1n) is 10.2. The van der Waals surface area contributed by atoms with Gasteiger partial charge in [0.1, 0.15) is 23.9 Å². The van der Waals surface area contributed by atoms with Crippen LogP contribution in [0.2, 0.25) is 0 Å². The smallest absolute Gasteiger partial charge is 0.322 e. The third-order valence-corrected chi connectivity index (χ3v) is 5.02. The van der Waals surface area contributed by atoms with E-state index >= 15 is 0 Å². The quantitative estimate of drug-likeness (QED) is 0.391. The predicted octanol–water partition coefficient (Wildman–Crippen LogP) is 0.160. The van der Waals surface area contributed by atoms with Gasteiger partial charge in [0, 0.05) is 19.9 Å². The molecule has 3 amide bonds. The molecule has 0 aliphatic carbocycles. The average molecular weight is 434 g/mol. The van der Waals surface area contributed by atoms with E-state index in [4.69, 9.17) is 0 Å². The van der Waals surface area contributed by atoms with Gasteiger partial charge in [-0.05, 0) is 36.5 Å². The first-order chi connectivity index (χ1) is 14.6. The van der Waals surface area contributed by atoms with Crippen LogP contribution in [0.1, 0.15) is 39.2 Å². The summed E-state index contributed by atoms with van der Waals surface area (Å²) in [5.74, 6) is -2.63. The van der Waals surface area contributed by atoms with Crippen LogP contribution in [-0.2, 0) is 25.6 Å². The number of phenolic OH excluding ortho intramolecular Hbond substituents is 1. The van der Waals surface area contributed by atoms with Gasteiger partial charge >= 0.3 is 5.97 Å². The zero-order valence-electron chi connectivity index (χ0n) is 17.9. The van der Waals surface area contributed by atoms with Crippen LogP contribution in [0, 0.1) is 5.92 Å². The first-order valence-corrected chi connectivity index (χ1v) is 10.2. The van der Waals surface area contributed by atoms with E-state index in [1.165, 1.54) is 24.1 Å². The van der Waals surface area contributed by atoms with Gasteiger partial charge < -0.3 is 20.8 Å². The van der Waals surface area contributed by atoms with Crippen LogP contribution in [0.3, 0.4) is 0 Å². The number of aliphatic carboxylic acids is 1. The van der Waals surface area contributed by atoms with Crippen molar-refractivity contribution in [1.29, 1.82) is 0 Å². The van der Waals surface area contributed by atoms with E-state index in [9.17, 15) is 29.4 Å². The van der Waals surface area contributed by atoms with Crippen molar-refractivity contribution in [3.05, 3.63) is 29.8 Å². The molecule has 1 heterocycles. The Morgan fingerprint density at radius 1 is 1.23 bits per heavy atom. The summed E-state index contributed by atoms with van der Waals surface area (Å²) in [5, 5.41) is 25.5. The lowest BCUT2D eigenvalue weighted by atomic mass is 10.0. The highest BCUT2D eigenvalue weighted by atomic mass is 16.4. The van der Waals surface area contributed by atoms with E-state index in [1.54, 1.807) is 26.0 Å². The molecule has 0 saturated carbocycles. The van der Waals surface area contributed by atoms with Gasteiger partial charge in [0.25, 0.3) is 5.91 Å². The number of carboxylic acids is 1. The molecule has 0 bridgehead atoms. The lowest BCUT2D eigenvalue weighted by molar-refractivity contribution is -0.148. The van der Waals surface area contributed by atoms with Crippen molar-refractivity contribution >= 4 is 23.7 Å². The number of aromatic hydroxyl groups is 1. The van der Waals surface area contributed by atoms with E-state index in [1.807, 2.05) is 0 Å². The number of phenols is 1. The number of nitrogens with zero attached hydrogens (tertiary/aromatic N) is 1. The molecule has 1 aromatic carbocycles. The maximum Gasteiger partial charge on any atom is 0.322 e. The topological polar surface area (TPSA) is 148 Å². The molecule has 2 rings (SSSR count). The summed E-state index contributed by atoms with van der Waals surface area (Å²) in [6, 6.07) is 3.57. The van der Waals surface area contributed by atoms with Gasteiger partial charge in [-0.25, -0.2) is 5.43 Å². The summed E-state index contributed by atoms with van der Waals surface area (Å²) in [5.41, 5.74) is 3.32. The van der Waals surface area contributed by atoms with Gasteiger partial charge in [0.05, 0.1) is 0 Å². The second-order valence-electron chi connectivity index (χ2n) is 8.01. The monoisotopic (exact) mass is 434 g/mol. The number of amides is 3. The van der Waals surface area contributed by atoms with E-state index in [2.05, 4.69) is 16.1 Å². The summed E-state index contributed by atoms with van der Waals surface area (Å²) in [6.45, 7) is 5.15. The van der Waals surface area contributed by atoms with Gasteiger partial charge in [-0.1, -0.05) is 26.0 Å². The van der Waals surface area contributed by atoms with Crippen molar-refractivity contribution in [3.8, 4) is 5.75 Å². The Kier molecular flexibility index (Phi) is 8.38. The summed E-state index contributed by atoms with van der Waals surface area (Å²) >= 11 is 0. The summed E-state index contributed by atoms with van der Waals surface area (Å²) < 4.78 is 0. The molecule has 10 heteroatoms. The zero-order valence-corrected chi connectivity index (χ0v) is 17.9. The third kappa shape index (κ3) is 6.95. The van der Waals surface area contributed by atoms with Crippen LogP contribution in [0.15, 0.2) is 24.3 Å². The van der Waals surface area contributed by atoms with Gasteiger partial charge in [0.15, 0.2) is 0 Å². The first kappa shape index (κ1) is 24.1. The van der Waals surface area contributed by atoms with Crippen LogP contribution in [-0.4, -0.2) is 63.6 Å². The largest absolute Gasteiger partial charge is 0.508 e. The standard InChI is InChI=1S/C21H30N4O6/c1-12(2)18(22-13(3)26)19(28)23-17(11-14-6-4-7-15(27)10-14)20(29)25-9-5-8-16(24-25)21(30)31/h4,6-7,10,12,16-18,24,27H,5,8-9,11H2,1-3H3,(H,22,26)(H,23,28)(H,30,31). The minimum Gasteiger partial charge on any atom is -0.508 e. The van der Waals surface area contributed by atoms with Crippen molar-refractivity contribution in [2.45, 2.75) is 58.2 Å². The fraction of sp³-hybridized carbons (Fsp3) is 0.524. The molecule has 1 aromatic rings. The van der Waals surface area contributed by atoms with Crippen LogP contribution < -0.4 is 16.1 Å². The number of carboxylic acid groups (broad SMARTS) is 1. The average Bonchev–Trinajstić information content (AvgIpc) is 2.70. The molecule has 0 aromatic heterocycles. The minimum absolute atomic E-state index is 0.0235. The minimum atomic E-state index is -1.06. The normalized spacial score (nSPS) is 18.2. The Morgan fingerprint density at radius 3 is 2.52 bits per heavy atom. The Bertz CT molecular complexity index is 828. The predicted molar refractivity (Wildman–Crippen MR) is 112 cm³/mol. The lowest BCUT2D eigenvalue weighted by Gasteiger charge is -2.35. The van der Waals surface area contributed by atoms with Crippen LogP contribution in [0.5, 0.6) is 5.75 Å². The van der Waals surface area contributed by atoms with Crippen LogP contribution >= 0.6 is 0 Å². The lowest BCUT2D eigenvalue weighted by Crippen LogP contribution is -2.61. The summed E-state index contributed by atoms with van der Waals surface area (Å²) in [4.78, 5) is 48.9. The molecular weight excluding hydrogens is 404 g/mol. The molecule has 1 aliphatic heterocycles. The molecule has 170 valence electrons. The highest BCUT2D eigenvalue weighted by molar-refractivity contribution is 5.92. The molecule has 0 radical (unpaired) electrons. The molecule has 1 saturated heterocycles. The Balaban J connectivity index is 2.24. The molecule has 31 heavy (non-hydrogen) atoms. The van der Waals surface area contributed by atoms with Gasteiger partial charge in [-0.15, -0.1) is 0 Å². The van der Waals surface area contributed by atoms with Gasteiger partial charge in [0.2, 0.25) is 11.8 Å².